The van der Waals surface area contributed by atoms with Crippen molar-refractivity contribution in [1.29, 1.82) is 0 Å². The van der Waals surface area contributed by atoms with Gasteiger partial charge in [0.2, 0.25) is 0 Å². The van der Waals surface area contributed by atoms with E-state index in [0.717, 1.165) is 32.4 Å². The molecule has 1 aliphatic heterocycles. The highest BCUT2D eigenvalue weighted by molar-refractivity contribution is 6.05. The van der Waals surface area contributed by atoms with Crippen LogP contribution in [-0.4, -0.2) is 43.5 Å². The van der Waals surface area contributed by atoms with E-state index in [4.69, 9.17) is 9.47 Å². The maximum atomic E-state index is 12.6. The van der Waals surface area contributed by atoms with Gasteiger partial charge in [-0.3, -0.25) is 9.59 Å². The van der Waals surface area contributed by atoms with Crippen LogP contribution >= 0.6 is 0 Å². The number of anilines is 1. The second-order valence-corrected chi connectivity index (χ2v) is 7.93. The number of amides is 2. The average molecular weight is 411 g/mol. The number of nitrogens with one attached hydrogen (secondary N) is 1. The van der Waals surface area contributed by atoms with Gasteiger partial charge < -0.3 is 19.7 Å². The predicted octanol–water partition coefficient (Wildman–Crippen LogP) is 4.61. The molecule has 0 unspecified atom stereocenters. The number of hydrogen-bond donors (Lipinski definition) is 1. The highest BCUT2D eigenvalue weighted by Crippen LogP contribution is 2.29. The lowest BCUT2D eigenvalue weighted by atomic mass is 10.1. The second-order valence-electron chi connectivity index (χ2n) is 7.93. The van der Waals surface area contributed by atoms with E-state index in [1.165, 1.54) is 0 Å². The van der Waals surface area contributed by atoms with E-state index in [2.05, 4.69) is 19.2 Å². The van der Waals surface area contributed by atoms with E-state index in [0.29, 0.717) is 40.8 Å². The molecule has 2 aromatic carbocycles. The standard InChI is InChI=1S/C24H30N2O4/c1-17(2)12-15-30-21-11-8-19(16-22(21)29-3)23(27)25-20-9-6-18(7-10-20)24(28)26-13-4-5-14-26/h6-11,16-17H,4-5,12-15H2,1-3H3,(H,25,27). The molecular formula is C24H30N2O4. The summed E-state index contributed by atoms with van der Waals surface area (Å²) < 4.78 is 11.2. The molecule has 2 aromatic rings. The second kappa shape index (κ2) is 10.1. The van der Waals surface area contributed by atoms with Crippen LogP contribution in [0.3, 0.4) is 0 Å². The SMILES string of the molecule is COc1cc(C(=O)Nc2ccc(C(=O)N3CCCC3)cc2)ccc1OCCC(C)C. The third-order valence-corrected chi connectivity index (χ3v) is 5.16. The fourth-order valence-corrected chi connectivity index (χ4v) is 3.33. The Balaban J connectivity index is 1.62. The summed E-state index contributed by atoms with van der Waals surface area (Å²) >= 11 is 0. The number of rotatable bonds is 8. The first-order valence-corrected chi connectivity index (χ1v) is 10.5. The molecule has 3 rings (SSSR count). The van der Waals surface area contributed by atoms with Gasteiger partial charge in [-0.1, -0.05) is 13.8 Å². The Morgan fingerprint density at radius 1 is 1.00 bits per heavy atom. The van der Waals surface area contributed by atoms with Crippen LogP contribution < -0.4 is 14.8 Å². The maximum absolute atomic E-state index is 12.6. The van der Waals surface area contributed by atoms with Gasteiger partial charge in [0.15, 0.2) is 11.5 Å². The summed E-state index contributed by atoms with van der Waals surface area (Å²) in [6.45, 7) is 6.51. The minimum Gasteiger partial charge on any atom is -0.493 e. The van der Waals surface area contributed by atoms with Gasteiger partial charge in [-0.05, 0) is 67.6 Å². The van der Waals surface area contributed by atoms with Crippen LogP contribution in [0, 0.1) is 5.92 Å². The highest BCUT2D eigenvalue weighted by Gasteiger charge is 2.19. The lowest BCUT2D eigenvalue weighted by molar-refractivity contribution is 0.0792. The molecule has 6 heteroatoms. The molecule has 160 valence electrons. The van der Waals surface area contributed by atoms with Crippen LogP contribution in [0.1, 0.15) is 53.8 Å². The molecule has 1 N–H and O–H groups in total. The van der Waals surface area contributed by atoms with Crippen LogP contribution in [0.5, 0.6) is 11.5 Å². The summed E-state index contributed by atoms with van der Waals surface area (Å²) in [4.78, 5) is 26.9. The smallest absolute Gasteiger partial charge is 0.255 e. The van der Waals surface area contributed by atoms with Crippen molar-refractivity contribution in [2.24, 2.45) is 5.92 Å². The molecule has 0 spiro atoms. The fourth-order valence-electron chi connectivity index (χ4n) is 3.33. The molecular weight excluding hydrogens is 380 g/mol. The van der Waals surface area contributed by atoms with Crippen molar-refractivity contribution in [3.8, 4) is 11.5 Å². The van der Waals surface area contributed by atoms with Crippen molar-refractivity contribution < 1.29 is 19.1 Å². The number of likely N-dealkylation sites (tertiary alicyclic amines) is 1. The molecule has 1 fully saturated rings. The largest absolute Gasteiger partial charge is 0.493 e. The van der Waals surface area contributed by atoms with Gasteiger partial charge in [0.05, 0.1) is 13.7 Å². The summed E-state index contributed by atoms with van der Waals surface area (Å²) in [6, 6.07) is 12.2. The summed E-state index contributed by atoms with van der Waals surface area (Å²) in [5, 5.41) is 2.86. The fraction of sp³-hybridized carbons (Fsp3) is 0.417. The van der Waals surface area contributed by atoms with Crippen molar-refractivity contribution in [2.75, 3.05) is 32.1 Å². The molecule has 30 heavy (non-hydrogen) atoms. The van der Waals surface area contributed by atoms with Gasteiger partial charge in [-0.25, -0.2) is 0 Å². The molecule has 6 nitrogen and oxygen atoms in total. The Kier molecular flexibility index (Phi) is 7.33. The van der Waals surface area contributed by atoms with Gasteiger partial charge in [-0.15, -0.1) is 0 Å². The minimum atomic E-state index is -0.249. The molecule has 0 radical (unpaired) electrons. The van der Waals surface area contributed by atoms with Gasteiger partial charge in [0, 0.05) is 29.9 Å². The van der Waals surface area contributed by atoms with Crippen LogP contribution in [-0.2, 0) is 0 Å². The third-order valence-electron chi connectivity index (χ3n) is 5.16. The normalized spacial score (nSPS) is 13.4. The molecule has 0 aliphatic carbocycles. The number of methoxy groups -OCH3 is 1. The zero-order valence-corrected chi connectivity index (χ0v) is 17.9. The van der Waals surface area contributed by atoms with Gasteiger partial charge in [0.25, 0.3) is 11.8 Å². The van der Waals surface area contributed by atoms with E-state index in [1.54, 1.807) is 49.6 Å². The third kappa shape index (κ3) is 5.53. The summed E-state index contributed by atoms with van der Waals surface area (Å²) in [7, 11) is 1.56. The monoisotopic (exact) mass is 410 g/mol. The molecule has 0 bridgehead atoms. The molecule has 1 saturated heterocycles. The Hall–Kier alpha value is -3.02. The first-order valence-electron chi connectivity index (χ1n) is 10.5. The number of carbonyl (C=O) groups is 2. The van der Waals surface area contributed by atoms with Crippen molar-refractivity contribution >= 4 is 17.5 Å². The molecule has 2 amide bonds. The average Bonchev–Trinajstić information content (AvgIpc) is 3.28. The number of benzene rings is 2. The Labute approximate surface area is 178 Å². The first-order chi connectivity index (χ1) is 14.5. The predicted molar refractivity (Wildman–Crippen MR) is 117 cm³/mol. The van der Waals surface area contributed by atoms with E-state index in [-0.39, 0.29) is 11.8 Å². The molecule has 1 aliphatic rings. The lowest BCUT2D eigenvalue weighted by Gasteiger charge is -2.15. The van der Waals surface area contributed by atoms with Crippen molar-refractivity contribution in [3.63, 3.8) is 0 Å². The van der Waals surface area contributed by atoms with Gasteiger partial charge >= 0.3 is 0 Å². The zero-order chi connectivity index (χ0) is 21.5. The minimum absolute atomic E-state index is 0.0446. The number of hydrogen-bond acceptors (Lipinski definition) is 4. The number of nitrogens with zero attached hydrogens (tertiary/aromatic N) is 1. The van der Waals surface area contributed by atoms with E-state index in [1.807, 2.05) is 4.90 Å². The first kappa shape index (κ1) is 21.7. The molecule has 0 saturated carbocycles. The zero-order valence-electron chi connectivity index (χ0n) is 17.9. The quantitative estimate of drug-likeness (QED) is 0.690. The Morgan fingerprint density at radius 2 is 1.67 bits per heavy atom. The van der Waals surface area contributed by atoms with Gasteiger partial charge in [-0.2, -0.15) is 0 Å². The van der Waals surface area contributed by atoms with Gasteiger partial charge in [0.1, 0.15) is 0 Å². The van der Waals surface area contributed by atoms with E-state index < -0.39 is 0 Å². The Bertz CT molecular complexity index is 871. The van der Waals surface area contributed by atoms with E-state index >= 15 is 0 Å². The highest BCUT2D eigenvalue weighted by atomic mass is 16.5. The number of ether oxygens (including phenoxy) is 2. The van der Waals surface area contributed by atoms with Crippen molar-refractivity contribution in [3.05, 3.63) is 53.6 Å². The number of carbonyl (C=O) groups excluding carboxylic acids is 2. The maximum Gasteiger partial charge on any atom is 0.255 e. The molecule has 1 heterocycles. The summed E-state index contributed by atoms with van der Waals surface area (Å²) in [6.07, 6.45) is 3.07. The Morgan fingerprint density at radius 3 is 2.30 bits per heavy atom. The van der Waals surface area contributed by atoms with Crippen LogP contribution in [0.15, 0.2) is 42.5 Å². The van der Waals surface area contributed by atoms with Crippen LogP contribution in [0.4, 0.5) is 5.69 Å². The summed E-state index contributed by atoms with van der Waals surface area (Å²) in [5.41, 5.74) is 1.74. The van der Waals surface area contributed by atoms with Crippen molar-refractivity contribution in [2.45, 2.75) is 33.1 Å². The molecule has 0 atom stereocenters. The summed E-state index contributed by atoms with van der Waals surface area (Å²) in [5.74, 6) is 1.50. The lowest BCUT2D eigenvalue weighted by Crippen LogP contribution is -2.27. The van der Waals surface area contributed by atoms with Crippen LogP contribution in [0.25, 0.3) is 0 Å². The van der Waals surface area contributed by atoms with Crippen molar-refractivity contribution in [1.82, 2.24) is 4.90 Å². The van der Waals surface area contributed by atoms with E-state index in [9.17, 15) is 9.59 Å². The van der Waals surface area contributed by atoms with Crippen LogP contribution in [0.2, 0.25) is 0 Å². The molecule has 0 aromatic heterocycles. The topological polar surface area (TPSA) is 67.9 Å².